The van der Waals surface area contributed by atoms with Crippen LogP contribution < -0.4 is 4.74 Å². The van der Waals surface area contributed by atoms with Gasteiger partial charge in [0.2, 0.25) is 0 Å². The number of halogens is 4. The number of benzene rings is 2. The molecule has 0 aliphatic carbocycles. The third kappa shape index (κ3) is 4.24. The van der Waals surface area contributed by atoms with E-state index in [9.17, 15) is 22.8 Å². The van der Waals surface area contributed by atoms with E-state index in [0.29, 0.717) is 5.75 Å². The molecule has 154 valence electrons. The van der Waals surface area contributed by atoms with Crippen molar-refractivity contribution in [1.29, 1.82) is 0 Å². The van der Waals surface area contributed by atoms with Gasteiger partial charge in [-0.25, -0.2) is 0 Å². The summed E-state index contributed by atoms with van der Waals surface area (Å²) in [6, 6.07) is 8.07. The minimum atomic E-state index is -4.63. The molecule has 0 N–H and O–H groups in total. The van der Waals surface area contributed by atoms with E-state index in [1.165, 1.54) is 12.1 Å². The van der Waals surface area contributed by atoms with Crippen LogP contribution in [0.25, 0.3) is 0 Å². The molecule has 1 atom stereocenters. The van der Waals surface area contributed by atoms with Gasteiger partial charge in [0.15, 0.2) is 0 Å². The zero-order valence-electron chi connectivity index (χ0n) is 15.8. The number of amides is 2. The lowest BCUT2D eigenvalue weighted by Crippen LogP contribution is -2.29. The first kappa shape index (κ1) is 21.2. The molecule has 1 unspecified atom stereocenters. The van der Waals surface area contributed by atoms with Crippen molar-refractivity contribution in [2.75, 3.05) is 0 Å². The molecule has 0 saturated carbocycles. The van der Waals surface area contributed by atoms with E-state index >= 15 is 0 Å². The fourth-order valence-corrected chi connectivity index (χ4v) is 3.52. The molecular weight excluding hydrogens is 407 g/mol. The molecule has 2 aromatic carbocycles. The van der Waals surface area contributed by atoms with Crippen LogP contribution in [0.3, 0.4) is 0 Å². The SMILES string of the molecule is CCCC(C)Oc1cccc2c1C(=O)N(Cc1ccc(Cl)c(C(F)(F)F)c1)C2=O. The summed E-state index contributed by atoms with van der Waals surface area (Å²) >= 11 is 5.64. The second-order valence-electron chi connectivity index (χ2n) is 6.90. The number of hydrogen-bond acceptors (Lipinski definition) is 3. The highest BCUT2D eigenvalue weighted by Gasteiger charge is 2.39. The van der Waals surface area contributed by atoms with Gasteiger partial charge in [-0.05, 0) is 43.2 Å². The molecule has 0 fully saturated rings. The summed E-state index contributed by atoms with van der Waals surface area (Å²) in [7, 11) is 0. The Balaban J connectivity index is 1.90. The van der Waals surface area contributed by atoms with Gasteiger partial charge >= 0.3 is 6.18 Å². The smallest absolute Gasteiger partial charge is 0.417 e. The van der Waals surface area contributed by atoms with Crippen LogP contribution in [0.4, 0.5) is 13.2 Å². The average molecular weight is 426 g/mol. The fourth-order valence-electron chi connectivity index (χ4n) is 3.30. The standard InChI is InChI=1S/C21H19ClF3NO3/c1-3-5-12(2)29-17-7-4-6-14-18(17)20(28)26(19(14)27)11-13-8-9-16(22)15(10-13)21(23,24)25/h4,6-10,12H,3,5,11H2,1-2H3. The van der Waals surface area contributed by atoms with Crippen molar-refractivity contribution in [2.24, 2.45) is 0 Å². The maximum Gasteiger partial charge on any atom is 0.417 e. The Morgan fingerprint density at radius 1 is 1.14 bits per heavy atom. The largest absolute Gasteiger partial charge is 0.490 e. The predicted molar refractivity (Wildman–Crippen MR) is 102 cm³/mol. The van der Waals surface area contributed by atoms with Gasteiger partial charge in [0.25, 0.3) is 11.8 Å². The molecule has 29 heavy (non-hydrogen) atoms. The Kier molecular flexibility index (Phi) is 5.89. The van der Waals surface area contributed by atoms with Crippen LogP contribution in [-0.4, -0.2) is 22.8 Å². The summed E-state index contributed by atoms with van der Waals surface area (Å²) in [6.45, 7) is 3.58. The van der Waals surface area contributed by atoms with Crippen molar-refractivity contribution in [3.05, 3.63) is 63.7 Å². The van der Waals surface area contributed by atoms with E-state index in [1.54, 1.807) is 12.1 Å². The normalized spacial score (nSPS) is 14.9. The monoisotopic (exact) mass is 425 g/mol. The minimum Gasteiger partial charge on any atom is -0.490 e. The number of carbonyl (C=O) groups excluding carboxylic acids is 2. The molecule has 0 spiro atoms. The van der Waals surface area contributed by atoms with Gasteiger partial charge in [-0.2, -0.15) is 13.2 Å². The van der Waals surface area contributed by atoms with Crippen molar-refractivity contribution in [3.8, 4) is 5.75 Å². The molecule has 0 saturated heterocycles. The molecule has 1 heterocycles. The topological polar surface area (TPSA) is 46.6 Å². The number of carbonyl (C=O) groups is 2. The molecule has 3 rings (SSSR count). The lowest BCUT2D eigenvalue weighted by molar-refractivity contribution is -0.137. The van der Waals surface area contributed by atoms with Crippen LogP contribution >= 0.6 is 11.6 Å². The van der Waals surface area contributed by atoms with Gasteiger partial charge in [-0.15, -0.1) is 0 Å². The molecule has 0 radical (unpaired) electrons. The molecule has 1 aliphatic heterocycles. The molecular formula is C21H19ClF3NO3. The zero-order valence-corrected chi connectivity index (χ0v) is 16.6. The van der Waals surface area contributed by atoms with Crippen LogP contribution in [0.1, 0.15) is 58.5 Å². The predicted octanol–water partition coefficient (Wildman–Crippen LogP) is 5.72. The van der Waals surface area contributed by atoms with Gasteiger partial charge in [-0.3, -0.25) is 14.5 Å². The molecule has 8 heteroatoms. The van der Waals surface area contributed by atoms with Crippen molar-refractivity contribution in [2.45, 2.75) is 45.5 Å². The maximum absolute atomic E-state index is 13.1. The number of rotatable bonds is 6. The van der Waals surface area contributed by atoms with E-state index in [2.05, 4.69) is 0 Å². The Morgan fingerprint density at radius 2 is 1.86 bits per heavy atom. The molecule has 2 amide bonds. The van der Waals surface area contributed by atoms with Crippen molar-refractivity contribution >= 4 is 23.4 Å². The van der Waals surface area contributed by atoms with Crippen LogP contribution in [0.2, 0.25) is 5.02 Å². The molecule has 0 bridgehead atoms. The van der Waals surface area contributed by atoms with Crippen LogP contribution in [0, 0.1) is 0 Å². The van der Waals surface area contributed by atoms with Gasteiger partial charge in [0.1, 0.15) is 5.75 Å². The summed E-state index contributed by atoms with van der Waals surface area (Å²) in [6.07, 6.45) is -3.10. The highest BCUT2D eigenvalue weighted by Crippen LogP contribution is 2.37. The van der Waals surface area contributed by atoms with Gasteiger partial charge in [-0.1, -0.05) is 37.1 Å². The number of ether oxygens (including phenoxy) is 1. The quantitative estimate of drug-likeness (QED) is 0.556. The van der Waals surface area contributed by atoms with Crippen LogP contribution in [0.15, 0.2) is 36.4 Å². The lowest BCUT2D eigenvalue weighted by Gasteiger charge is -2.17. The van der Waals surface area contributed by atoms with Crippen molar-refractivity contribution in [1.82, 2.24) is 4.90 Å². The Labute approximate surface area is 171 Å². The lowest BCUT2D eigenvalue weighted by atomic mass is 10.1. The molecule has 2 aromatic rings. The van der Waals surface area contributed by atoms with E-state index in [1.807, 2.05) is 13.8 Å². The highest BCUT2D eigenvalue weighted by atomic mass is 35.5. The number of imide groups is 1. The number of alkyl halides is 3. The summed E-state index contributed by atoms with van der Waals surface area (Å²) in [4.78, 5) is 26.5. The Hall–Kier alpha value is -2.54. The second-order valence-corrected chi connectivity index (χ2v) is 7.31. The third-order valence-corrected chi connectivity index (χ3v) is 4.99. The molecule has 1 aliphatic rings. The van der Waals surface area contributed by atoms with Gasteiger partial charge in [0, 0.05) is 0 Å². The maximum atomic E-state index is 13.1. The van der Waals surface area contributed by atoms with E-state index in [-0.39, 0.29) is 29.3 Å². The number of fused-ring (bicyclic) bond motifs is 1. The Morgan fingerprint density at radius 3 is 2.52 bits per heavy atom. The first-order chi connectivity index (χ1) is 13.6. The highest BCUT2D eigenvalue weighted by molar-refractivity contribution is 6.31. The zero-order chi connectivity index (χ0) is 21.3. The van der Waals surface area contributed by atoms with E-state index < -0.39 is 28.6 Å². The summed E-state index contributed by atoms with van der Waals surface area (Å²) in [5.74, 6) is -0.855. The third-order valence-electron chi connectivity index (χ3n) is 4.66. The number of nitrogens with zero attached hydrogens (tertiary/aromatic N) is 1. The average Bonchev–Trinajstić information content (AvgIpc) is 2.88. The molecule has 0 aromatic heterocycles. The molecule has 4 nitrogen and oxygen atoms in total. The van der Waals surface area contributed by atoms with Gasteiger partial charge < -0.3 is 4.74 Å². The van der Waals surface area contributed by atoms with Crippen molar-refractivity contribution < 1.29 is 27.5 Å². The van der Waals surface area contributed by atoms with E-state index in [0.717, 1.165) is 29.9 Å². The van der Waals surface area contributed by atoms with Crippen LogP contribution in [-0.2, 0) is 12.7 Å². The minimum absolute atomic E-state index is 0.144. The van der Waals surface area contributed by atoms with Crippen LogP contribution in [0.5, 0.6) is 5.75 Å². The van der Waals surface area contributed by atoms with Crippen molar-refractivity contribution in [3.63, 3.8) is 0 Å². The first-order valence-electron chi connectivity index (χ1n) is 9.15. The fraction of sp³-hybridized carbons (Fsp3) is 0.333. The first-order valence-corrected chi connectivity index (χ1v) is 9.52. The summed E-state index contributed by atoms with van der Waals surface area (Å²) in [5.41, 5.74) is -0.532. The second kappa shape index (κ2) is 8.06. The Bertz CT molecular complexity index is 959. The number of hydrogen-bond donors (Lipinski definition) is 0. The van der Waals surface area contributed by atoms with Gasteiger partial charge in [0.05, 0.1) is 34.4 Å². The van der Waals surface area contributed by atoms with E-state index in [4.69, 9.17) is 16.3 Å². The summed E-state index contributed by atoms with van der Waals surface area (Å²) < 4.78 is 45.1. The summed E-state index contributed by atoms with van der Waals surface area (Å²) in [5, 5.41) is -0.441.